The molecule has 15 heteroatoms. The molecule has 1 N–H and O–H groups in total. The minimum Gasteiger partial charge on any atom is -0.481 e. The van der Waals surface area contributed by atoms with Crippen LogP contribution in [0.3, 0.4) is 0 Å². The Balaban J connectivity index is 1.27. The zero-order chi connectivity index (χ0) is 40.7. The number of carbonyl (C=O) groups is 1. The van der Waals surface area contributed by atoms with E-state index in [2.05, 4.69) is 26.6 Å². The summed E-state index contributed by atoms with van der Waals surface area (Å²) in [4.78, 5) is 28.9. The Kier molecular flexibility index (Phi) is 11.4. The zero-order valence-electron chi connectivity index (χ0n) is 33.8. The van der Waals surface area contributed by atoms with Crippen molar-refractivity contribution in [2.24, 2.45) is 5.41 Å². The number of anilines is 1. The maximum Gasteiger partial charge on any atom is 0.422 e. The first-order valence-corrected chi connectivity index (χ1v) is 19.9. The molecule has 4 aromatic rings. The molecule has 308 valence electrons. The van der Waals surface area contributed by atoms with Crippen molar-refractivity contribution < 1.29 is 36.9 Å². The SMILES string of the molecule is C=Cc1cc2c(N3CCC4(CC3)CN(C(=O)OC(C)(C)C)C4)nc(OC3CCN(CCOC(C)C)CC3)nc2c(OCC(F)(F)F)c1-c1c(C)ccc2[nH]ncc12. The number of carbonyl (C=O) groups excluding carboxylic acids is 1. The average Bonchev–Trinajstić information content (AvgIpc) is 3.61. The van der Waals surface area contributed by atoms with Gasteiger partial charge in [0.05, 0.1) is 24.4 Å². The fourth-order valence-electron chi connectivity index (χ4n) is 8.23. The van der Waals surface area contributed by atoms with Crippen molar-refractivity contribution in [3.05, 3.63) is 42.1 Å². The van der Waals surface area contributed by atoms with Crippen molar-refractivity contribution >= 4 is 39.8 Å². The summed E-state index contributed by atoms with van der Waals surface area (Å²) < 4.78 is 65.9. The summed E-state index contributed by atoms with van der Waals surface area (Å²) in [5, 5.41) is 8.48. The molecular weight excluding hydrogens is 740 g/mol. The van der Waals surface area contributed by atoms with Gasteiger partial charge in [-0.3, -0.25) is 5.10 Å². The molecule has 0 aliphatic carbocycles. The van der Waals surface area contributed by atoms with Crippen LogP contribution in [-0.2, 0) is 9.47 Å². The van der Waals surface area contributed by atoms with Gasteiger partial charge in [0.2, 0.25) is 0 Å². The third kappa shape index (κ3) is 9.09. The smallest absolute Gasteiger partial charge is 0.422 e. The first kappa shape index (κ1) is 40.6. The summed E-state index contributed by atoms with van der Waals surface area (Å²) >= 11 is 0. The quantitative estimate of drug-likeness (QED) is 0.159. The highest BCUT2D eigenvalue weighted by atomic mass is 19.4. The maximum atomic E-state index is 14.0. The second kappa shape index (κ2) is 16.0. The average molecular weight is 794 g/mol. The molecule has 0 unspecified atom stereocenters. The molecule has 2 aromatic heterocycles. The standard InChI is InChI=1S/C42H54F3N7O5/c1-8-28-21-30-35(36(55-25-42(43,44)45)34(28)33-27(4)9-10-32-31(33)22-46-49-32)47-38(56-29-11-15-50(16-12-29)19-20-54-26(2)3)48-37(30)51-17-13-41(14-18-51)23-52(24-41)39(53)57-40(5,6)7/h8-10,21-22,26,29H,1,11-20,23-25H2,2-7H3,(H,46,49). The van der Waals surface area contributed by atoms with E-state index in [-0.39, 0.29) is 41.0 Å². The molecule has 57 heavy (non-hydrogen) atoms. The third-order valence-corrected chi connectivity index (χ3v) is 11.1. The molecular formula is C42H54F3N7O5. The molecule has 0 saturated carbocycles. The topological polar surface area (TPSA) is 118 Å². The number of alkyl halides is 3. The fourth-order valence-corrected chi connectivity index (χ4v) is 8.23. The van der Waals surface area contributed by atoms with Crippen LogP contribution in [0.25, 0.3) is 39.0 Å². The van der Waals surface area contributed by atoms with Crippen molar-refractivity contribution in [2.75, 3.05) is 63.9 Å². The van der Waals surface area contributed by atoms with Crippen LogP contribution in [0.2, 0.25) is 0 Å². The lowest BCUT2D eigenvalue weighted by Crippen LogP contribution is -2.62. The van der Waals surface area contributed by atoms with Crippen LogP contribution >= 0.6 is 0 Å². The van der Waals surface area contributed by atoms with E-state index >= 15 is 0 Å². The van der Waals surface area contributed by atoms with E-state index in [0.29, 0.717) is 60.7 Å². The van der Waals surface area contributed by atoms with Crippen LogP contribution in [0.5, 0.6) is 11.8 Å². The number of benzene rings is 2. The highest BCUT2D eigenvalue weighted by Crippen LogP contribution is 2.48. The first-order chi connectivity index (χ1) is 27.0. The monoisotopic (exact) mass is 793 g/mol. The number of aromatic amines is 1. The number of aromatic nitrogens is 4. The van der Waals surface area contributed by atoms with Gasteiger partial charge in [-0.2, -0.15) is 28.2 Å². The Morgan fingerprint density at radius 2 is 1.77 bits per heavy atom. The number of nitrogens with zero attached hydrogens (tertiary/aromatic N) is 6. The predicted octanol–water partition coefficient (Wildman–Crippen LogP) is 8.17. The number of ether oxygens (including phenoxy) is 4. The minimum absolute atomic E-state index is 0.0227. The van der Waals surface area contributed by atoms with Crippen molar-refractivity contribution in [1.82, 2.24) is 30.0 Å². The molecule has 0 atom stereocenters. The number of fused-ring (bicyclic) bond motifs is 2. The first-order valence-electron chi connectivity index (χ1n) is 19.9. The zero-order valence-corrected chi connectivity index (χ0v) is 33.8. The van der Waals surface area contributed by atoms with Gasteiger partial charge < -0.3 is 33.6 Å². The summed E-state index contributed by atoms with van der Waals surface area (Å²) in [7, 11) is 0. The Morgan fingerprint density at radius 1 is 1.05 bits per heavy atom. The van der Waals surface area contributed by atoms with Gasteiger partial charge in [-0.05, 0) is 96.0 Å². The molecule has 0 radical (unpaired) electrons. The molecule has 3 saturated heterocycles. The molecule has 1 amide bonds. The number of halogens is 3. The number of piperidine rings is 2. The Labute approximate surface area is 331 Å². The second-order valence-electron chi connectivity index (χ2n) is 17.0. The number of aryl methyl sites for hydroxylation is 1. The normalized spacial score (nSPS) is 18.1. The number of amides is 1. The Bertz CT molecular complexity index is 2090. The van der Waals surface area contributed by atoms with E-state index in [1.54, 1.807) is 17.2 Å². The van der Waals surface area contributed by atoms with Crippen LogP contribution < -0.4 is 14.4 Å². The molecule has 3 fully saturated rings. The van der Waals surface area contributed by atoms with Crippen LogP contribution in [0.15, 0.2) is 31.0 Å². The minimum atomic E-state index is -4.62. The van der Waals surface area contributed by atoms with Crippen LogP contribution in [-0.4, -0.2) is 119 Å². The summed E-state index contributed by atoms with van der Waals surface area (Å²) in [6.07, 6.45) is 1.39. The van der Waals surface area contributed by atoms with E-state index in [9.17, 15) is 18.0 Å². The van der Waals surface area contributed by atoms with Crippen molar-refractivity contribution in [3.8, 4) is 22.9 Å². The van der Waals surface area contributed by atoms with Gasteiger partial charge in [-0.25, -0.2) is 4.79 Å². The largest absolute Gasteiger partial charge is 0.481 e. The summed E-state index contributed by atoms with van der Waals surface area (Å²) in [6.45, 7) is 19.6. The van der Waals surface area contributed by atoms with Gasteiger partial charge in [-0.1, -0.05) is 18.7 Å². The highest BCUT2D eigenvalue weighted by Gasteiger charge is 2.48. The molecule has 12 nitrogen and oxygen atoms in total. The van der Waals surface area contributed by atoms with Gasteiger partial charge in [0, 0.05) is 67.6 Å². The molecule has 2 aromatic carbocycles. The molecule has 3 aliphatic heterocycles. The van der Waals surface area contributed by atoms with Crippen LogP contribution in [0.1, 0.15) is 71.4 Å². The van der Waals surface area contributed by atoms with Gasteiger partial charge in [0.1, 0.15) is 23.0 Å². The van der Waals surface area contributed by atoms with Gasteiger partial charge in [0.15, 0.2) is 12.4 Å². The molecule has 7 rings (SSSR count). The van der Waals surface area contributed by atoms with Crippen molar-refractivity contribution in [2.45, 2.75) is 91.2 Å². The summed E-state index contributed by atoms with van der Waals surface area (Å²) in [5.41, 5.74) is 2.83. The van der Waals surface area contributed by atoms with E-state index in [1.807, 2.05) is 59.7 Å². The summed E-state index contributed by atoms with van der Waals surface area (Å²) in [6, 6.07) is 5.77. The predicted molar refractivity (Wildman–Crippen MR) is 214 cm³/mol. The molecule has 3 aliphatic rings. The number of nitrogens with one attached hydrogen (secondary N) is 1. The van der Waals surface area contributed by atoms with Crippen molar-refractivity contribution in [3.63, 3.8) is 0 Å². The van der Waals surface area contributed by atoms with Crippen LogP contribution in [0.4, 0.5) is 23.8 Å². The van der Waals surface area contributed by atoms with Gasteiger partial charge in [-0.15, -0.1) is 0 Å². The number of hydrogen-bond donors (Lipinski definition) is 1. The lowest BCUT2D eigenvalue weighted by Gasteiger charge is -2.53. The number of hydrogen-bond acceptors (Lipinski definition) is 10. The summed E-state index contributed by atoms with van der Waals surface area (Å²) in [5.74, 6) is 0.534. The van der Waals surface area contributed by atoms with Gasteiger partial charge in [0.25, 0.3) is 0 Å². The molecule has 0 bridgehead atoms. The Hall–Kier alpha value is -4.63. The lowest BCUT2D eigenvalue weighted by molar-refractivity contribution is -0.153. The van der Waals surface area contributed by atoms with E-state index in [1.165, 1.54) is 0 Å². The third-order valence-electron chi connectivity index (χ3n) is 11.1. The number of likely N-dealkylation sites (tertiary alicyclic amines) is 2. The number of rotatable bonds is 11. The lowest BCUT2D eigenvalue weighted by atomic mass is 9.72. The molecule has 5 heterocycles. The van der Waals surface area contributed by atoms with Crippen molar-refractivity contribution in [1.29, 1.82) is 0 Å². The number of H-pyrrole nitrogens is 1. The Morgan fingerprint density at radius 3 is 2.42 bits per heavy atom. The van der Waals surface area contributed by atoms with Gasteiger partial charge >= 0.3 is 18.3 Å². The van der Waals surface area contributed by atoms with E-state index < -0.39 is 18.4 Å². The van der Waals surface area contributed by atoms with E-state index in [4.69, 9.17) is 28.9 Å². The van der Waals surface area contributed by atoms with E-state index in [0.717, 1.165) is 61.8 Å². The maximum absolute atomic E-state index is 14.0. The highest BCUT2D eigenvalue weighted by molar-refractivity contribution is 6.07. The fraction of sp³-hybridized carbons (Fsp3) is 0.571. The molecule has 1 spiro atoms. The van der Waals surface area contributed by atoms with Crippen LogP contribution in [0, 0.1) is 12.3 Å². The second-order valence-corrected chi connectivity index (χ2v) is 17.0.